The predicted octanol–water partition coefficient (Wildman–Crippen LogP) is 9.74. The second kappa shape index (κ2) is 32.3. The number of rotatable bonds is 36. The molecule has 0 saturated heterocycles. The van der Waals surface area contributed by atoms with E-state index in [1.54, 1.807) is 0 Å². The summed E-state index contributed by atoms with van der Waals surface area (Å²) in [5.41, 5.74) is 12.0. The zero-order valence-electron chi connectivity index (χ0n) is 34.5. The maximum Gasteiger partial charge on any atom is 0.319 e. The summed E-state index contributed by atoms with van der Waals surface area (Å²) >= 11 is 0. The van der Waals surface area contributed by atoms with E-state index in [1.807, 2.05) is 0 Å². The first kappa shape index (κ1) is 46.0. The molecule has 2 saturated carbocycles. The van der Waals surface area contributed by atoms with Crippen LogP contribution in [0.1, 0.15) is 194 Å². The fraction of sp³-hybridized carbons (Fsp3) is 0.930. The van der Waals surface area contributed by atoms with Crippen LogP contribution in [0.25, 0.3) is 0 Å². The van der Waals surface area contributed by atoms with Crippen molar-refractivity contribution < 1.29 is 4.79 Å². The molecule has 0 bridgehead atoms. The van der Waals surface area contributed by atoms with Crippen LogP contribution >= 0.6 is 0 Å². The summed E-state index contributed by atoms with van der Waals surface area (Å²) in [6.07, 6.45) is 34.7. The molecule has 304 valence electrons. The SMILES string of the molecule is CCCCCCCCN(CCCCCCCCNC(N)=NCC1CC1)C(=O)N(CCCCCCCC)CCCCCCCCNC(N)=NCC1CC1. The molecule has 6 N–H and O–H groups in total. The van der Waals surface area contributed by atoms with E-state index in [0.717, 1.165) is 103 Å². The van der Waals surface area contributed by atoms with E-state index in [9.17, 15) is 4.79 Å². The van der Waals surface area contributed by atoms with Gasteiger partial charge in [0.1, 0.15) is 0 Å². The van der Waals surface area contributed by atoms with Gasteiger partial charge in [0.2, 0.25) is 0 Å². The Bertz CT molecular complexity index is 834. The topological polar surface area (TPSA) is 124 Å². The number of hydrogen-bond donors (Lipinski definition) is 4. The first-order valence-electron chi connectivity index (χ1n) is 22.6. The summed E-state index contributed by atoms with van der Waals surface area (Å²) in [6, 6.07) is 0.307. The molecule has 2 rings (SSSR count). The van der Waals surface area contributed by atoms with Gasteiger partial charge in [0.05, 0.1) is 0 Å². The quantitative estimate of drug-likeness (QED) is 0.0290. The van der Waals surface area contributed by atoms with Crippen molar-refractivity contribution in [1.29, 1.82) is 0 Å². The molecule has 2 aliphatic rings. The van der Waals surface area contributed by atoms with Crippen molar-refractivity contribution >= 4 is 18.0 Å². The molecular weight excluding hydrogens is 645 g/mol. The monoisotopic (exact) mass is 731 g/mol. The summed E-state index contributed by atoms with van der Waals surface area (Å²) in [5.74, 6) is 2.79. The van der Waals surface area contributed by atoms with E-state index in [0.29, 0.717) is 18.0 Å². The van der Waals surface area contributed by atoms with Gasteiger partial charge in [0.25, 0.3) is 0 Å². The molecule has 0 heterocycles. The summed E-state index contributed by atoms with van der Waals surface area (Å²) in [6.45, 7) is 11.8. The van der Waals surface area contributed by atoms with E-state index in [-0.39, 0.29) is 0 Å². The molecule has 0 unspecified atom stereocenters. The molecule has 0 aromatic carbocycles. The number of nitrogens with one attached hydrogen (secondary N) is 2. The molecule has 0 aromatic rings. The molecule has 52 heavy (non-hydrogen) atoms. The van der Waals surface area contributed by atoms with E-state index in [4.69, 9.17) is 11.5 Å². The lowest BCUT2D eigenvalue weighted by molar-refractivity contribution is 0.148. The van der Waals surface area contributed by atoms with E-state index >= 15 is 0 Å². The lowest BCUT2D eigenvalue weighted by Crippen LogP contribution is -2.45. The number of nitrogens with two attached hydrogens (primary N) is 2. The Morgan fingerprint density at radius 1 is 0.481 bits per heavy atom. The summed E-state index contributed by atoms with van der Waals surface area (Å²) in [4.78, 5) is 27.5. The number of carbonyl (C=O) groups excluding carboxylic acids is 1. The van der Waals surface area contributed by atoms with Crippen molar-refractivity contribution in [3.05, 3.63) is 0 Å². The van der Waals surface area contributed by atoms with Crippen LogP contribution < -0.4 is 22.1 Å². The molecular formula is C43H86N8O. The lowest BCUT2D eigenvalue weighted by atomic mass is 10.1. The number of hydrogen-bond acceptors (Lipinski definition) is 3. The van der Waals surface area contributed by atoms with Crippen molar-refractivity contribution in [2.24, 2.45) is 33.3 Å². The molecule has 0 spiro atoms. The van der Waals surface area contributed by atoms with Crippen molar-refractivity contribution in [2.45, 2.75) is 194 Å². The minimum Gasteiger partial charge on any atom is -0.370 e. The number of unbranched alkanes of at least 4 members (excludes halogenated alkanes) is 20. The van der Waals surface area contributed by atoms with Crippen LogP contribution in [-0.4, -0.2) is 80.1 Å². The third-order valence-corrected chi connectivity index (χ3v) is 10.9. The van der Waals surface area contributed by atoms with E-state index in [1.165, 1.54) is 141 Å². The standard InChI is InChI=1S/C43H86N8O/c1-3-5-7-9-17-23-33-50(35-25-19-13-11-15-21-31-46-41(44)48-37-39-27-28-39)43(52)51(34-24-18-10-8-6-4-2)36-26-20-14-12-16-22-32-47-42(45)49-38-40-29-30-40/h39-40H,3-38H2,1-2H3,(H3,44,46,48)(H3,45,47,49). The third-order valence-electron chi connectivity index (χ3n) is 10.9. The molecule has 0 radical (unpaired) electrons. The second-order valence-electron chi connectivity index (χ2n) is 16.2. The first-order chi connectivity index (χ1) is 25.5. The minimum atomic E-state index is 0.307. The van der Waals surface area contributed by atoms with E-state index < -0.39 is 0 Å². The highest BCUT2D eigenvalue weighted by molar-refractivity contribution is 5.78. The predicted molar refractivity (Wildman–Crippen MR) is 225 cm³/mol. The van der Waals surface area contributed by atoms with E-state index in [2.05, 4.69) is 44.3 Å². The van der Waals surface area contributed by atoms with Gasteiger partial charge in [-0.05, 0) is 76.0 Å². The molecule has 2 amide bonds. The molecule has 0 atom stereocenters. The fourth-order valence-corrected chi connectivity index (χ4v) is 6.84. The van der Waals surface area contributed by atoms with Crippen molar-refractivity contribution in [3.63, 3.8) is 0 Å². The first-order valence-corrected chi connectivity index (χ1v) is 22.6. The average Bonchev–Trinajstić information content (AvgIpc) is 4.09. The third kappa shape index (κ3) is 27.4. The fourth-order valence-electron chi connectivity index (χ4n) is 6.84. The van der Waals surface area contributed by atoms with Crippen LogP contribution in [-0.2, 0) is 0 Å². The maximum absolute atomic E-state index is 14.1. The normalized spacial score (nSPS) is 14.9. The van der Waals surface area contributed by atoms with Crippen LogP contribution in [0.2, 0.25) is 0 Å². The number of aliphatic imine (C=N–C) groups is 2. The zero-order valence-corrected chi connectivity index (χ0v) is 34.5. The van der Waals surface area contributed by atoms with Crippen molar-refractivity contribution in [2.75, 3.05) is 52.4 Å². The Hall–Kier alpha value is -2.19. The van der Waals surface area contributed by atoms with Crippen LogP contribution in [0, 0.1) is 11.8 Å². The second-order valence-corrected chi connectivity index (χ2v) is 16.2. The van der Waals surface area contributed by atoms with Crippen LogP contribution in [0.5, 0.6) is 0 Å². The maximum atomic E-state index is 14.1. The molecule has 2 fully saturated rings. The minimum absolute atomic E-state index is 0.307. The number of amides is 2. The smallest absolute Gasteiger partial charge is 0.319 e. The van der Waals surface area contributed by atoms with Gasteiger partial charge in [-0.3, -0.25) is 9.98 Å². The number of guanidine groups is 2. The lowest BCUT2D eigenvalue weighted by Gasteiger charge is -2.31. The van der Waals surface area contributed by atoms with Gasteiger partial charge in [-0.2, -0.15) is 0 Å². The Balaban J connectivity index is 1.72. The Kier molecular flexibility index (Phi) is 28.5. The Morgan fingerprint density at radius 3 is 1.08 bits per heavy atom. The van der Waals surface area contributed by atoms with Gasteiger partial charge in [-0.25, -0.2) is 4.79 Å². The van der Waals surface area contributed by atoms with Gasteiger partial charge >= 0.3 is 6.03 Å². The summed E-state index contributed by atoms with van der Waals surface area (Å²) < 4.78 is 0. The summed E-state index contributed by atoms with van der Waals surface area (Å²) in [7, 11) is 0. The molecule has 2 aliphatic carbocycles. The van der Waals surface area contributed by atoms with Crippen LogP contribution in [0.3, 0.4) is 0 Å². The highest BCUT2D eigenvalue weighted by atomic mass is 16.2. The zero-order chi connectivity index (χ0) is 37.3. The van der Waals surface area contributed by atoms with Crippen molar-refractivity contribution in [3.8, 4) is 0 Å². The molecule has 9 heteroatoms. The number of nitrogens with zero attached hydrogens (tertiary/aromatic N) is 4. The number of urea groups is 1. The van der Waals surface area contributed by atoms with Gasteiger partial charge in [0, 0.05) is 52.4 Å². The van der Waals surface area contributed by atoms with Gasteiger partial charge in [-0.1, -0.05) is 129 Å². The molecule has 0 aromatic heterocycles. The van der Waals surface area contributed by atoms with Gasteiger partial charge in [0.15, 0.2) is 11.9 Å². The summed E-state index contributed by atoms with van der Waals surface area (Å²) in [5, 5.41) is 6.56. The number of carbonyl (C=O) groups is 1. The Labute approximate surface area is 321 Å². The van der Waals surface area contributed by atoms with Crippen LogP contribution in [0.4, 0.5) is 4.79 Å². The largest absolute Gasteiger partial charge is 0.370 e. The van der Waals surface area contributed by atoms with Crippen LogP contribution in [0.15, 0.2) is 9.98 Å². The highest BCUT2D eigenvalue weighted by Crippen LogP contribution is 2.29. The highest BCUT2D eigenvalue weighted by Gasteiger charge is 2.22. The molecule has 0 aliphatic heterocycles. The Morgan fingerprint density at radius 2 is 0.769 bits per heavy atom. The molecule has 9 nitrogen and oxygen atoms in total. The average molecular weight is 731 g/mol. The van der Waals surface area contributed by atoms with Crippen molar-refractivity contribution in [1.82, 2.24) is 20.4 Å². The van der Waals surface area contributed by atoms with Gasteiger partial charge in [-0.15, -0.1) is 0 Å². The van der Waals surface area contributed by atoms with Gasteiger partial charge < -0.3 is 31.9 Å².